The zero-order valence-corrected chi connectivity index (χ0v) is 9.57. The summed E-state index contributed by atoms with van der Waals surface area (Å²) < 4.78 is 0. The van der Waals surface area contributed by atoms with Crippen molar-refractivity contribution in [3.63, 3.8) is 0 Å². The lowest BCUT2D eigenvalue weighted by Gasteiger charge is -2.09. The summed E-state index contributed by atoms with van der Waals surface area (Å²) in [6.07, 6.45) is 4.40. The second-order valence-corrected chi connectivity index (χ2v) is 3.78. The van der Waals surface area contributed by atoms with Crippen molar-refractivity contribution in [1.82, 2.24) is 20.5 Å². The lowest BCUT2D eigenvalue weighted by Crippen LogP contribution is -2.32. The van der Waals surface area contributed by atoms with Crippen molar-refractivity contribution in [3.8, 4) is 0 Å². The molecule has 0 aliphatic rings. The highest BCUT2D eigenvalue weighted by Gasteiger charge is 2.08. The first kappa shape index (κ1) is 12.6. The standard InChI is InChI=1S/C10H19N5O/c1-2-3-8(11)6-10(16)12-5-4-9-13-7-14-15-9/h7-8H,2-6,11H2,1H3,(H,12,16)(H,13,14,15). The summed E-state index contributed by atoms with van der Waals surface area (Å²) in [4.78, 5) is 15.4. The molecule has 4 N–H and O–H groups in total. The van der Waals surface area contributed by atoms with Gasteiger partial charge in [-0.25, -0.2) is 4.98 Å². The largest absolute Gasteiger partial charge is 0.356 e. The Kier molecular flexibility index (Phi) is 5.49. The van der Waals surface area contributed by atoms with E-state index in [4.69, 9.17) is 5.73 Å². The Labute approximate surface area is 95.0 Å². The first-order valence-electron chi connectivity index (χ1n) is 5.59. The zero-order chi connectivity index (χ0) is 11.8. The van der Waals surface area contributed by atoms with Gasteiger partial charge in [-0.3, -0.25) is 9.89 Å². The van der Waals surface area contributed by atoms with Crippen LogP contribution in [0.4, 0.5) is 0 Å². The highest BCUT2D eigenvalue weighted by molar-refractivity contribution is 5.76. The highest BCUT2D eigenvalue weighted by Crippen LogP contribution is 1.97. The number of nitrogens with zero attached hydrogens (tertiary/aromatic N) is 2. The Balaban J connectivity index is 2.10. The van der Waals surface area contributed by atoms with E-state index in [1.807, 2.05) is 0 Å². The Morgan fingerprint density at radius 3 is 3.12 bits per heavy atom. The van der Waals surface area contributed by atoms with Crippen LogP contribution in [-0.2, 0) is 11.2 Å². The Morgan fingerprint density at radius 2 is 2.50 bits per heavy atom. The minimum absolute atomic E-state index is 0.000431. The van der Waals surface area contributed by atoms with Crippen molar-refractivity contribution >= 4 is 5.91 Å². The molecular weight excluding hydrogens is 206 g/mol. The molecular formula is C10H19N5O. The molecule has 1 amide bonds. The van der Waals surface area contributed by atoms with Crippen molar-refractivity contribution in [1.29, 1.82) is 0 Å². The van der Waals surface area contributed by atoms with Gasteiger partial charge in [-0.1, -0.05) is 13.3 Å². The van der Waals surface area contributed by atoms with E-state index in [1.54, 1.807) is 0 Å². The van der Waals surface area contributed by atoms with Crippen LogP contribution >= 0.6 is 0 Å². The molecule has 0 saturated carbocycles. The van der Waals surface area contributed by atoms with E-state index in [2.05, 4.69) is 27.4 Å². The molecule has 0 spiro atoms. The quantitative estimate of drug-likeness (QED) is 0.607. The van der Waals surface area contributed by atoms with E-state index < -0.39 is 0 Å². The van der Waals surface area contributed by atoms with Crippen LogP contribution < -0.4 is 11.1 Å². The maximum absolute atomic E-state index is 11.4. The van der Waals surface area contributed by atoms with Crippen LogP contribution in [-0.4, -0.2) is 33.7 Å². The van der Waals surface area contributed by atoms with Gasteiger partial charge in [0.25, 0.3) is 0 Å². The van der Waals surface area contributed by atoms with Gasteiger partial charge >= 0.3 is 0 Å². The van der Waals surface area contributed by atoms with E-state index in [0.29, 0.717) is 19.4 Å². The first-order chi connectivity index (χ1) is 7.72. The molecule has 0 aromatic carbocycles. The van der Waals surface area contributed by atoms with Crippen LogP contribution in [0.2, 0.25) is 0 Å². The molecule has 0 fully saturated rings. The molecule has 0 aliphatic carbocycles. The van der Waals surface area contributed by atoms with Crippen molar-refractivity contribution in [3.05, 3.63) is 12.2 Å². The van der Waals surface area contributed by atoms with E-state index in [0.717, 1.165) is 18.7 Å². The molecule has 90 valence electrons. The molecule has 6 heteroatoms. The highest BCUT2D eigenvalue weighted by atomic mass is 16.1. The minimum Gasteiger partial charge on any atom is -0.356 e. The maximum Gasteiger partial charge on any atom is 0.221 e. The van der Waals surface area contributed by atoms with Gasteiger partial charge in [0.15, 0.2) is 0 Å². The number of hydrogen-bond acceptors (Lipinski definition) is 4. The molecule has 1 aromatic rings. The summed E-state index contributed by atoms with van der Waals surface area (Å²) >= 11 is 0. The smallest absolute Gasteiger partial charge is 0.221 e. The summed E-state index contributed by atoms with van der Waals surface area (Å²) in [6, 6.07) is -0.0321. The fraction of sp³-hybridized carbons (Fsp3) is 0.700. The molecule has 0 saturated heterocycles. The van der Waals surface area contributed by atoms with Crippen LogP contribution in [0.15, 0.2) is 6.33 Å². The van der Waals surface area contributed by atoms with Gasteiger partial charge in [0.1, 0.15) is 12.2 Å². The van der Waals surface area contributed by atoms with Gasteiger partial charge in [0.05, 0.1) is 0 Å². The fourth-order valence-corrected chi connectivity index (χ4v) is 1.45. The molecule has 1 heterocycles. The Bertz CT molecular complexity index is 298. The van der Waals surface area contributed by atoms with Gasteiger partial charge in [0, 0.05) is 25.4 Å². The number of H-pyrrole nitrogens is 1. The van der Waals surface area contributed by atoms with Gasteiger partial charge in [-0.05, 0) is 6.42 Å². The third kappa shape index (κ3) is 4.88. The predicted molar refractivity (Wildman–Crippen MR) is 60.6 cm³/mol. The number of aromatic nitrogens is 3. The number of rotatable bonds is 7. The summed E-state index contributed by atoms with van der Waals surface area (Å²) in [5, 5.41) is 9.26. The molecule has 0 radical (unpaired) electrons. The second-order valence-electron chi connectivity index (χ2n) is 3.78. The fourth-order valence-electron chi connectivity index (χ4n) is 1.45. The lowest BCUT2D eigenvalue weighted by molar-refractivity contribution is -0.121. The number of amides is 1. The number of hydrogen-bond donors (Lipinski definition) is 3. The first-order valence-corrected chi connectivity index (χ1v) is 5.59. The number of carbonyl (C=O) groups is 1. The van der Waals surface area contributed by atoms with Crippen LogP contribution in [0.1, 0.15) is 32.0 Å². The van der Waals surface area contributed by atoms with Gasteiger partial charge in [-0.15, -0.1) is 0 Å². The molecule has 1 rings (SSSR count). The number of nitrogens with two attached hydrogens (primary N) is 1. The van der Waals surface area contributed by atoms with Crippen LogP contribution in [0, 0.1) is 0 Å². The molecule has 1 atom stereocenters. The molecule has 16 heavy (non-hydrogen) atoms. The van der Waals surface area contributed by atoms with E-state index in [-0.39, 0.29) is 11.9 Å². The summed E-state index contributed by atoms with van der Waals surface area (Å²) in [5.41, 5.74) is 5.76. The van der Waals surface area contributed by atoms with Crippen molar-refractivity contribution < 1.29 is 4.79 Å². The Hall–Kier alpha value is -1.43. The summed E-state index contributed by atoms with van der Waals surface area (Å²) in [7, 11) is 0. The Morgan fingerprint density at radius 1 is 1.69 bits per heavy atom. The third-order valence-electron chi connectivity index (χ3n) is 2.26. The zero-order valence-electron chi connectivity index (χ0n) is 9.57. The monoisotopic (exact) mass is 225 g/mol. The van der Waals surface area contributed by atoms with Gasteiger partial charge in [0.2, 0.25) is 5.91 Å². The van der Waals surface area contributed by atoms with Gasteiger partial charge < -0.3 is 11.1 Å². The van der Waals surface area contributed by atoms with E-state index in [9.17, 15) is 4.79 Å². The van der Waals surface area contributed by atoms with Crippen molar-refractivity contribution in [2.45, 2.75) is 38.6 Å². The van der Waals surface area contributed by atoms with Crippen molar-refractivity contribution in [2.75, 3.05) is 6.54 Å². The lowest BCUT2D eigenvalue weighted by atomic mass is 10.1. The van der Waals surface area contributed by atoms with Crippen molar-refractivity contribution in [2.24, 2.45) is 5.73 Å². The summed E-state index contributed by atoms with van der Waals surface area (Å²) in [6.45, 7) is 2.62. The average Bonchev–Trinajstić information content (AvgIpc) is 2.70. The molecule has 0 aliphatic heterocycles. The molecule has 1 unspecified atom stereocenters. The molecule has 1 aromatic heterocycles. The molecule has 6 nitrogen and oxygen atoms in total. The normalized spacial score (nSPS) is 12.4. The van der Waals surface area contributed by atoms with Crippen LogP contribution in [0.25, 0.3) is 0 Å². The SMILES string of the molecule is CCCC(N)CC(=O)NCCc1ncn[nH]1. The van der Waals surface area contributed by atoms with E-state index in [1.165, 1.54) is 6.33 Å². The predicted octanol–water partition coefficient (Wildman–Crippen LogP) is -0.0191. The topological polar surface area (TPSA) is 96.7 Å². The maximum atomic E-state index is 11.4. The van der Waals surface area contributed by atoms with E-state index >= 15 is 0 Å². The molecule has 0 bridgehead atoms. The van der Waals surface area contributed by atoms with Gasteiger partial charge in [-0.2, -0.15) is 5.10 Å². The summed E-state index contributed by atoms with van der Waals surface area (Å²) in [5.74, 6) is 0.777. The second kappa shape index (κ2) is 6.95. The number of carbonyl (C=O) groups excluding carboxylic acids is 1. The number of aromatic amines is 1. The minimum atomic E-state index is -0.0321. The third-order valence-corrected chi connectivity index (χ3v) is 2.26. The van der Waals surface area contributed by atoms with Crippen LogP contribution in [0.3, 0.4) is 0 Å². The van der Waals surface area contributed by atoms with Crippen LogP contribution in [0.5, 0.6) is 0 Å². The number of nitrogens with one attached hydrogen (secondary N) is 2. The average molecular weight is 225 g/mol.